The summed E-state index contributed by atoms with van der Waals surface area (Å²) in [6.07, 6.45) is 2.10. The Labute approximate surface area is 232 Å². The monoisotopic (exact) mass is 521 g/mol. The zero-order valence-corrected chi connectivity index (χ0v) is 22.0. The summed E-state index contributed by atoms with van der Waals surface area (Å²) in [6, 6.07) is 35.2. The summed E-state index contributed by atoms with van der Waals surface area (Å²) >= 11 is 0. The van der Waals surface area contributed by atoms with Gasteiger partial charge in [0.2, 0.25) is 0 Å². The first-order chi connectivity index (χ1) is 19.7. The summed E-state index contributed by atoms with van der Waals surface area (Å²) in [5.74, 6) is 0.753. The molecule has 5 heteroatoms. The van der Waals surface area contributed by atoms with Crippen LogP contribution in [0.3, 0.4) is 0 Å². The third kappa shape index (κ3) is 2.51. The second-order valence-electron chi connectivity index (χ2n) is 11.5. The molecule has 194 valence electrons. The van der Waals surface area contributed by atoms with Crippen LogP contribution in [0.15, 0.2) is 103 Å². The molecule has 40 heavy (non-hydrogen) atoms. The van der Waals surface area contributed by atoms with Crippen molar-refractivity contribution in [1.82, 2.24) is 14.9 Å². The van der Waals surface area contributed by atoms with Gasteiger partial charge in [-0.15, -0.1) is 0 Å². The van der Waals surface area contributed by atoms with Gasteiger partial charge >= 0.3 is 0 Å². The van der Waals surface area contributed by atoms with Gasteiger partial charge in [-0.1, -0.05) is 78.9 Å². The van der Waals surface area contributed by atoms with Crippen LogP contribution in [0.4, 0.5) is 0 Å². The van der Waals surface area contributed by atoms with Crippen LogP contribution in [-0.4, -0.2) is 39.8 Å². The smallest absolute Gasteiger partial charge is 0.179 e. The minimum absolute atomic E-state index is 0.0654. The molecule has 2 spiro atoms. The molecule has 0 bridgehead atoms. The second-order valence-corrected chi connectivity index (χ2v) is 11.5. The lowest BCUT2D eigenvalue weighted by Crippen LogP contribution is -2.60. The molecule has 2 fully saturated rings. The van der Waals surface area contributed by atoms with E-state index in [1.54, 1.807) is 0 Å². The van der Waals surface area contributed by atoms with E-state index in [9.17, 15) is 0 Å². The van der Waals surface area contributed by atoms with Crippen LogP contribution in [0, 0.1) is 5.41 Å². The Morgan fingerprint density at radius 3 is 2.33 bits per heavy atom. The number of carbonyl (C=O) groups is 1. The van der Waals surface area contributed by atoms with Gasteiger partial charge in [-0.3, -0.25) is 9.69 Å². The van der Waals surface area contributed by atoms with Crippen LogP contribution < -0.4 is 4.74 Å². The Bertz CT molecular complexity index is 1850. The number of ether oxygens (including phenoxy) is 1. The predicted octanol–water partition coefficient (Wildman–Crippen LogP) is 6.38. The molecule has 4 aliphatic rings. The van der Waals surface area contributed by atoms with Crippen molar-refractivity contribution >= 4 is 16.8 Å². The van der Waals surface area contributed by atoms with Crippen LogP contribution in [0.1, 0.15) is 45.9 Å². The number of hydrogen-bond donors (Lipinski definition) is 0. The van der Waals surface area contributed by atoms with Gasteiger partial charge in [-0.2, -0.15) is 0 Å². The van der Waals surface area contributed by atoms with Crippen LogP contribution in [0.25, 0.3) is 22.3 Å². The molecule has 4 aromatic carbocycles. The van der Waals surface area contributed by atoms with Gasteiger partial charge in [0, 0.05) is 17.5 Å². The first kappa shape index (κ1) is 22.5. The van der Waals surface area contributed by atoms with Crippen molar-refractivity contribution in [2.45, 2.75) is 30.3 Å². The lowest BCUT2D eigenvalue weighted by atomic mass is 9.56. The molecule has 4 heterocycles. The summed E-state index contributed by atoms with van der Waals surface area (Å²) in [6.45, 7) is 1.19. The van der Waals surface area contributed by atoms with Crippen LogP contribution in [0.2, 0.25) is 0 Å². The maximum atomic E-state index is 15.3. The largest absolute Gasteiger partial charge is 0.492 e. The molecule has 0 amide bonds. The average molecular weight is 522 g/mol. The van der Waals surface area contributed by atoms with E-state index in [1.165, 1.54) is 5.56 Å². The lowest BCUT2D eigenvalue weighted by molar-refractivity contribution is 0.0148. The van der Waals surface area contributed by atoms with Crippen molar-refractivity contribution in [3.05, 3.63) is 126 Å². The van der Waals surface area contributed by atoms with Gasteiger partial charge in [0.25, 0.3) is 0 Å². The molecule has 5 nitrogen and oxygen atoms in total. The maximum Gasteiger partial charge on any atom is 0.179 e. The van der Waals surface area contributed by atoms with Gasteiger partial charge in [-0.05, 0) is 54.8 Å². The normalized spacial score (nSPS) is 27.9. The van der Waals surface area contributed by atoms with E-state index in [4.69, 9.17) is 14.7 Å². The number of ketones is 1. The van der Waals surface area contributed by atoms with Crippen molar-refractivity contribution in [2.75, 3.05) is 13.2 Å². The third-order valence-corrected chi connectivity index (χ3v) is 9.93. The van der Waals surface area contributed by atoms with Gasteiger partial charge in [-0.25, -0.2) is 9.97 Å². The summed E-state index contributed by atoms with van der Waals surface area (Å²) in [4.78, 5) is 28.6. The Morgan fingerprint density at radius 1 is 0.775 bits per heavy atom. The molecule has 4 atom stereocenters. The Hall–Kier alpha value is -4.35. The minimum Gasteiger partial charge on any atom is -0.492 e. The SMILES string of the molecule is O=C1c2ccccc2OC[C@@]12[C@H](c1ccccc1)[C@H]1CCCN1[C@]21c2ccccc2-c2nc3ccccc3nc21. The van der Waals surface area contributed by atoms with Crippen molar-refractivity contribution in [1.29, 1.82) is 0 Å². The Morgan fingerprint density at radius 2 is 1.48 bits per heavy atom. The lowest BCUT2D eigenvalue weighted by Gasteiger charge is -2.50. The zero-order valence-electron chi connectivity index (χ0n) is 22.0. The Kier molecular flexibility index (Phi) is 4.41. The summed E-state index contributed by atoms with van der Waals surface area (Å²) in [5, 5.41) is 0. The number of hydrogen-bond acceptors (Lipinski definition) is 5. The van der Waals surface area contributed by atoms with Gasteiger partial charge in [0.15, 0.2) is 5.78 Å². The summed E-state index contributed by atoms with van der Waals surface area (Å²) in [7, 11) is 0. The molecular formula is C35H27N3O2. The first-order valence-corrected chi connectivity index (χ1v) is 14.2. The quantitative estimate of drug-likeness (QED) is 0.256. The number of carbonyl (C=O) groups excluding carboxylic acids is 1. The number of nitrogens with zero attached hydrogens (tertiary/aromatic N) is 3. The number of para-hydroxylation sites is 3. The van der Waals surface area contributed by atoms with Gasteiger partial charge < -0.3 is 4.74 Å². The van der Waals surface area contributed by atoms with Crippen LogP contribution in [0.5, 0.6) is 5.75 Å². The molecule has 9 rings (SSSR count). The fourth-order valence-electron chi connectivity index (χ4n) is 8.62. The van der Waals surface area contributed by atoms with E-state index in [-0.39, 0.29) is 24.3 Å². The summed E-state index contributed by atoms with van der Waals surface area (Å²) in [5.41, 5.74) is 5.83. The van der Waals surface area contributed by atoms with E-state index in [0.29, 0.717) is 11.3 Å². The highest BCUT2D eigenvalue weighted by Crippen LogP contribution is 2.71. The van der Waals surface area contributed by atoms with Crippen molar-refractivity contribution in [3.63, 3.8) is 0 Å². The number of rotatable bonds is 1. The van der Waals surface area contributed by atoms with Gasteiger partial charge in [0.1, 0.15) is 23.3 Å². The summed E-state index contributed by atoms with van der Waals surface area (Å²) < 4.78 is 6.66. The van der Waals surface area contributed by atoms with E-state index in [2.05, 4.69) is 59.5 Å². The molecule has 0 saturated carbocycles. The molecule has 3 aliphatic heterocycles. The molecule has 1 aliphatic carbocycles. The van der Waals surface area contributed by atoms with E-state index >= 15 is 4.79 Å². The molecular weight excluding hydrogens is 494 g/mol. The second kappa shape index (κ2) is 7.86. The number of fused-ring (bicyclic) bond motifs is 10. The van der Waals surface area contributed by atoms with Crippen molar-refractivity contribution in [2.24, 2.45) is 5.41 Å². The maximum absolute atomic E-state index is 15.3. The fourth-order valence-corrected chi connectivity index (χ4v) is 8.62. The topological polar surface area (TPSA) is 55.3 Å². The predicted molar refractivity (Wildman–Crippen MR) is 153 cm³/mol. The van der Waals surface area contributed by atoms with E-state index in [0.717, 1.165) is 52.9 Å². The molecule has 0 N–H and O–H groups in total. The molecule has 0 radical (unpaired) electrons. The van der Waals surface area contributed by atoms with Crippen LogP contribution >= 0.6 is 0 Å². The van der Waals surface area contributed by atoms with Gasteiger partial charge in [0.05, 0.1) is 28.0 Å². The number of aromatic nitrogens is 2. The molecule has 1 aromatic heterocycles. The third-order valence-electron chi connectivity index (χ3n) is 9.93. The minimum atomic E-state index is -0.924. The van der Waals surface area contributed by atoms with E-state index in [1.807, 2.05) is 48.5 Å². The highest BCUT2D eigenvalue weighted by atomic mass is 16.5. The standard InChI is InChI=1S/C35H27N3O2/c39-33-24-14-5-9-19-29(24)40-21-34(33)30(22-11-2-1-3-12-22)28-18-10-20-38(28)35(34)25-15-6-4-13-23(25)31-32(35)37-27-17-8-7-16-26(27)36-31/h1-9,11-17,19,28,30H,10,18,20-21H2/t28-,30-,34-,35+/m1/s1. The average Bonchev–Trinajstić information content (AvgIpc) is 3.66. The highest BCUT2D eigenvalue weighted by molar-refractivity contribution is 6.07. The van der Waals surface area contributed by atoms with Crippen molar-refractivity contribution < 1.29 is 9.53 Å². The Balaban J connectivity index is 1.45. The molecule has 0 unspecified atom stereocenters. The number of benzene rings is 4. The zero-order chi connectivity index (χ0) is 26.5. The van der Waals surface area contributed by atoms with E-state index < -0.39 is 11.0 Å². The van der Waals surface area contributed by atoms with Crippen molar-refractivity contribution in [3.8, 4) is 17.0 Å². The molecule has 5 aromatic rings. The fraction of sp³-hybridized carbons (Fsp3) is 0.229. The molecule has 2 saturated heterocycles. The number of Topliss-reactive ketones (excluding diaryl/α,β-unsaturated/α-hetero) is 1. The highest BCUT2D eigenvalue weighted by Gasteiger charge is 2.77. The first-order valence-electron chi connectivity index (χ1n) is 14.2. The van der Waals surface area contributed by atoms with Crippen LogP contribution in [-0.2, 0) is 5.54 Å².